The highest BCUT2D eigenvalue weighted by Crippen LogP contribution is 2.16. The van der Waals surface area contributed by atoms with Gasteiger partial charge in [0.1, 0.15) is 0 Å². The van der Waals surface area contributed by atoms with Crippen molar-refractivity contribution in [1.82, 2.24) is 4.90 Å². The molecule has 25 heavy (non-hydrogen) atoms. The van der Waals surface area contributed by atoms with Gasteiger partial charge in [0.2, 0.25) is 0 Å². The van der Waals surface area contributed by atoms with Gasteiger partial charge in [-0.2, -0.15) is 12.6 Å². The monoisotopic (exact) mass is 356 g/mol. The normalized spacial score (nSPS) is 11.4. The van der Waals surface area contributed by atoms with Gasteiger partial charge in [-0.05, 0) is 50.3 Å². The molecule has 0 fully saturated rings. The molecule has 0 unspecified atom stereocenters. The standard InChI is InChI=1S/C21H29N3S/c1-22(2)13-4-14-23(3)21-9-7-19(8-10-21)5-6-20-11-15-24(16-12-20)17-18-25/h5-12,15-16H,4,13-14,17-18H2,1-3H3/p+1. The number of hydrogen-bond acceptors (Lipinski definition) is 3. The molecule has 1 heterocycles. The zero-order chi connectivity index (χ0) is 18.1. The van der Waals surface area contributed by atoms with Crippen molar-refractivity contribution >= 4 is 30.5 Å². The summed E-state index contributed by atoms with van der Waals surface area (Å²) in [5, 5.41) is 0. The van der Waals surface area contributed by atoms with Crippen LogP contribution in [0.3, 0.4) is 0 Å². The summed E-state index contributed by atoms with van der Waals surface area (Å²) in [6.07, 6.45) is 9.69. The minimum absolute atomic E-state index is 0.857. The van der Waals surface area contributed by atoms with Crippen molar-refractivity contribution in [2.24, 2.45) is 0 Å². The molecule has 0 radical (unpaired) electrons. The summed E-state index contributed by atoms with van der Waals surface area (Å²) in [5.41, 5.74) is 3.70. The lowest BCUT2D eigenvalue weighted by Gasteiger charge is -2.20. The second kappa shape index (κ2) is 10.3. The Kier molecular flexibility index (Phi) is 8.02. The lowest BCUT2D eigenvalue weighted by Crippen LogP contribution is -2.33. The fraction of sp³-hybridized carbons (Fsp3) is 0.381. The van der Waals surface area contributed by atoms with E-state index in [2.05, 4.69) is 109 Å². The van der Waals surface area contributed by atoms with Crippen LogP contribution >= 0.6 is 12.6 Å². The Morgan fingerprint density at radius 3 is 2.04 bits per heavy atom. The van der Waals surface area contributed by atoms with Crippen LogP contribution in [0.25, 0.3) is 12.2 Å². The van der Waals surface area contributed by atoms with E-state index in [-0.39, 0.29) is 0 Å². The molecule has 2 aromatic rings. The van der Waals surface area contributed by atoms with Crippen molar-refractivity contribution in [3.05, 3.63) is 59.9 Å². The van der Waals surface area contributed by atoms with Gasteiger partial charge in [-0.15, -0.1) is 0 Å². The first-order valence-corrected chi connectivity index (χ1v) is 9.46. The smallest absolute Gasteiger partial charge is 0.169 e. The van der Waals surface area contributed by atoms with Crippen molar-refractivity contribution in [2.75, 3.05) is 44.9 Å². The summed E-state index contributed by atoms with van der Waals surface area (Å²) in [6.45, 7) is 3.14. The SMILES string of the molecule is CN(C)CCCN(C)c1ccc(/C=C/c2cc[n+](CCS)cc2)cc1. The third-order valence-electron chi connectivity index (χ3n) is 4.18. The van der Waals surface area contributed by atoms with Gasteiger partial charge in [0.25, 0.3) is 0 Å². The Labute approximate surface area is 158 Å². The summed E-state index contributed by atoms with van der Waals surface area (Å²) >= 11 is 4.26. The Morgan fingerprint density at radius 1 is 0.880 bits per heavy atom. The number of hydrogen-bond donors (Lipinski definition) is 1. The second-order valence-electron chi connectivity index (χ2n) is 6.60. The molecule has 0 N–H and O–H groups in total. The van der Waals surface area contributed by atoms with Gasteiger partial charge in [-0.25, -0.2) is 4.57 Å². The zero-order valence-electron chi connectivity index (χ0n) is 15.6. The molecule has 0 spiro atoms. The number of nitrogens with zero attached hydrogens (tertiary/aromatic N) is 3. The first-order chi connectivity index (χ1) is 12.1. The van der Waals surface area contributed by atoms with Crippen molar-refractivity contribution < 1.29 is 4.57 Å². The fourth-order valence-corrected chi connectivity index (χ4v) is 2.86. The molecular weight excluding hydrogens is 326 g/mol. The van der Waals surface area contributed by atoms with E-state index in [1.165, 1.54) is 23.2 Å². The van der Waals surface area contributed by atoms with E-state index in [1.807, 2.05) is 0 Å². The topological polar surface area (TPSA) is 10.4 Å². The van der Waals surface area contributed by atoms with E-state index in [0.717, 1.165) is 25.4 Å². The summed E-state index contributed by atoms with van der Waals surface area (Å²) in [6, 6.07) is 13.0. The van der Waals surface area contributed by atoms with Gasteiger partial charge in [0.15, 0.2) is 18.9 Å². The highest BCUT2D eigenvalue weighted by Gasteiger charge is 2.01. The van der Waals surface area contributed by atoms with Crippen LogP contribution in [0.5, 0.6) is 0 Å². The van der Waals surface area contributed by atoms with E-state index in [1.54, 1.807) is 0 Å². The molecule has 0 atom stereocenters. The van der Waals surface area contributed by atoms with Crippen LogP contribution < -0.4 is 9.47 Å². The van der Waals surface area contributed by atoms with Gasteiger partial charge >= 0.3 is 0 Å². The second-order valence-corrected chi connectivity index (χ2v) is 7.04. The Hall–Kier alpha value is -1.78. The minimum atomic E-state index is 0.857. The predicted octanol–water partition coefficient (Wildman–Crippen LogP) is 3.46. The molecule has 0 aliphatic rings. The molecule has 2 rings (SSSR count). The maximum absolute atomic E-state index is 4.26. The molecule has 0 aliphatic carbocycles. The third-order valence-corrected chi connectivity index (χ3v) is 4.38. The predicted molar refractivity (Wildman–Crippen MR) is 112 cm³/mol. The molecule has 0 aliphatic heterocycles. The molecular formula is C21H30N3S+. The number of thiol groups is 1. The molecule has 134 valence electrons. The van der Waals surface area contributed by atoms with Gasteiger partial charge in [-0.1, -0.05) is 24.3 Å². The van der Waals surface area contributed by atoms with Crippen LogP contribution in [0.4, 0.5) is 5.69 Å². The quantitative estimate of drug-likeness (QED) is 0.545. The average Bonchev–Trinajstić information content (AvgIpc) is 2.61. The molecule has 0 amide bonds. The van der Waals surface area contributed by atoms with E-state index in [0.29, 0.717) is 0 Å². The first kappa shape index (κ1) is 19.5. The van der Waals surface area contributed by atoms with E-state index >= 15 is 0 Å². The number of rotatable bonds is 9. The maximum atomic E-state index is 4.26. The molecule has 0 saturated heterocycles. The molecule has 3 nitrogen and oxygen atoms in total. The summed E-state index contributed by atoms with van der Waals surface area (Å²) in [4.78, 5) is 4.54. The van der Waals surface area contributed by atoms with Crippen LogP contribution in [-0.4, -0.2) is 44.9 Å². The van der Waals surface area contributed by atoms with Crippen LogP contribution in [0.15, 0.2) is 48.8 Å². The van der Waals surface area contributed by atoms with Gasteiger partial charge < -0.3 is 9.80 Å². The van der Waals surface area contributed by atoms with Gasteiger partial charge in [-0.3, -0.25) is 0 Å². The van der Waals surface area contributed by atoms with E-state index in [4.69, 9.17) is 0 Å². The molecule has 4 heteroatoms. The van der Waals surface area contributed by atoms with E-state index < -0.39 is 0 Å². The third kappa shape index (κ3) is 6.92. The van der Waals surface area contributed by atoms with Crippen molar-refractivity contribution in [2.45, 2.75) is 13.0 Å². The van der Waals surface area contributed by atoms with Crippen LogP contribution in [-0.2, 0) is 6.54 Å². The van der Waals surface area contributed by atoms with Crippen molar-refractivity contribution in [3.8, 4) is 0 Å². The average molecular weight is 357 g/mol. The van der Waals surface area contributed by atoms with Crippen LogP contribution in [0, 0.1) is 0 Å². The fourth-order valence-electron chi connectivity index (χ4n) is 2.63. The lowest BCUT2D eigenvalue weighted by atomic mass is 10.1. The number of aryl methyl sites for hydroxylation is 1. The summed E-state index contributed by atoms with van der Waals surface area (Å²) in [7, 11) is 6.39. The zero-order valence-corrected chi connectivity index (χ0v) is 16.5. The molecule has 0 saturated carbocycles. The number of aromatic nitrogens is 1. The van der Waals surface area contributed by atoms with Crippen LogP contribution in [0.1, 0.15) is 17.5 Å². The van der Waals surface area contributed by atoms with E-state index in [9.17, 15) is 0 Å². The molecule has 1 aromatic heterocycles. The van der Waals surface area contributed by atoms with Gasteiger partial charge in [0.05, 0.1) is 0 Å². The van der Waals surface area contributed by atoms with Gasteiger partial charge in [0, 0.05) is 37.2 Å². The van der Waals surface area contributed by atoms with Crippen molar-refractivity contribution in [1.29, 1.82) is 0 Å². The number of anilines is 1. The largest absolute Gasteiger partial charge is 0.375 e. The molecule has 1 aromatic carbocycles. The first-order valence-electron chi connectivity index (χ1n) is 8.82. The summed E-state index contributed by atoms with van der Waals surface area (Å²) < 4.78 is 2.14. The maximum Gasteiger partial charge on any atom is 0.169 e. The van der Waals surface area contributed by atoms with Crippen LogP contribution in [0.2, 0.25) is 0 Å². The summed E-state index contributed by atoms with van der Waals surface area (Å²) in [5.74, 6) is 0.857. The Morgan fingerprint density at radius 2 is 1.48 bits per heavy atom. The Balaban J connectivity index is 1.90. The number of pyridine rings is 1. The minimum Gasteiger partial charge on any atom is -0.375 e. The highest BCUT2D eigenvalue weighted by atomic mass is 32.1. The Bertz CT molecular complexity index is 648. The lowest BCUT2D eigenvalue weighted by molar-refractivity contribution is -0.692. The highest BCUT2D eigenvalue weighted by molar-refractivity contribution is 7.80. The molecule has 0 bridgehead atoms. The van der Waals surface area contributed by atoms with Crippen molar-refractivity contribution in [3.63, 3.8) is 0 Å². The number of benzene rings is 1.